The molecular weight excluding hydrogens is 677 g/mol. The molecule has 264 valence electrons. The fourth-order valence-electron chi connectivity index (χ4n) is 4.83. The summed E-state index contributed by atoms with van der Waals surface area (Å²) in [5.74, 6) is -1.11. The first-order valence-electron chi connectivity index (χ1n) is 14.8. The number of fused-ring (bicyclic) bond motifs is 1. The molecule has 0 fully saturated rings. The molecule has 2 heterocycles. The van der Waals surface area contributed by atoms with Crippen LogP contribution in [0.3, 0.4) is 0 Å². The number of methoxy groups -OCH3 is 1. The number of anilines is 1. The van der Waals surface area contributed by atoms with Gasteiger partial charge in [-0.15, -0.1) is 0 Å². The zero-order valence-corrected chi connectivity index (χ0v) is 28.0. The Morgan fingerprint density at radius 3 is 2.32 bits per heavy atom. The number of para-hydroxylation sites is 1. The van der Waals surface area contributed by atoms with Crippen molar-refractivity contribution < 1.29 is 45.7 Å². The maximum atomic E-state index is 15.2. The molecule has 0 radical (unpaired) electrons. The van der Waals surface area contributed by atoms with Crippen molar-refractivity contribution in [2.75, 3.05) is 12.4 Å². The first kappa shape index (κ1) is 37.2. The van der Waals surface area contributed by atoms with Gasteiger partial charge in [0.25, 0.3) is 11.5 Å². The summed E-state index contributed by atoms with van der Waals surface area (Å²) in [5.41, 5.74) is 6.45. The summed E-state index contributed by atoms with van der Waals surface area (Å²) in [6, 6.07) is 18.8. The van der Waals surface area contributed by atoms with E-state index in [0.717, 1.165) is 6.07 Å². The summed E-state index contributed by atoms with van der Waals surface area (Å²) >= 11 is 0. The summed E-state index contributed by atoms with van der Waals surface area (Å²) < 4.78 is 66.2. The maximum absolute atomic E-state index is 15.2. The van der Waals surface area contributed by atoms with Gasteiger partial charge in [0.05, 0.1) is 30.6 Å². The zero-order chi connectivity index (χ0) is 36.7. The molecule has 5 aromatic rings. The number of nitrogens with one attached hydrogen (secondary N) is 1. The van der Waals surface area contributed by atoms with Gasteiger partial charge in [-0.25, -0.2) is 9.07 Å². The van der Waals surface area contributed by atoms with Crippen molar-refractivity contribution >= 4 is 38.9 Å². The predicted molar refractivity (Wildman–Crippen MR) is 181 cm³/mol. The second kappa shape index (κ2) is 15.7. The van der Waals surface area contributed by atoms with Crippen molar-refractivity contribution in [3.05, 3.63) is 106 Å². The molecule has 50 heavy (non-hydrogen) atoms. The molecule has 0 unspecified atom stereocenters. The van der Waals surface area contributed by atoms with Gasteiger partial charge in [-0.05, 0) is 63.2 Å². The van der Waals surface area contributed by atoms with E-state index in [1.54, 1.807) is 86.4 Å². The van der Waals surface area contributed by atoms with Gasteiger partial charge < -0.3 is 25.3 Å². The minimum absolute atomic E-state index is 0.0683. The number of ether oxygens (including phenoxy) is 3. The summed E-state index contributed by atoms with van der Waals surface area (Å²) in [4.78, 5) is 43.5. The van der Waals surface area contributed by atoms with Gasteiger partial charge in [0.1, 0.15) is 29.2 Å². The molecule has 0 saturated carbocycles. The van der Waals surface area contributed by atoms with Crippen molar-refractivity contribution in [1.82, 2.24) is 14.3 Å². The fraction of sp³-hybridized carbons (Fsp3) is 0.212. The number of hydrogen-bond donors (Lipinski definition) is 4. The quantitative estimate of drug-likeness (QED) is 0.118. The molecule has 0 aliphatic heterocycles. The highest BCUT2D eigenvalue weighted by Gasteiger charge is 2.26. The van der Waals surface area contributed by atoms with Crippen molar-refractivity contribution in [2.24, 2.45) is 5.73 Å². The third-order valence-corrected chi connectivity index (χ3v) is 7.06. The van der Waals surface area contributed by atoms with Crippen LogP contribution in [0.25, 0.3) is 16.6 Å². The van der Waals surface area contributed by atoms with Gasteiger partial charge in [-0.1, -0.05) is 18.2 Å². The minimum Gasteiger partial charge on any atom is -0.497 e. The van der Waals surface area contributed by atoms with Crippen LogP contribution in [0.15, 0.2) is 83.8 Å². The normalized spacial score (nSPS) is 12.3. The smallest absolute Gasteiger partial charge is 0.394 e. The number of halogens is 1. The molecular formula is C33H34FN5O10S. The number of pyridine rings is 1. The molecule has 1 amide bonds. The Morgan fingerprint density at radius 1 is 1.02 bits per heavy atom. The number of esters is 1. The van der Waals surface area contributed by atoms with Crippen LogP contribution >= 0.6 is 0 Å². The molecule has 0 saturated heterocycles. The van der Waals surface area contributed by atoms with Gasteiger partial charge in [0.15, 0.2) is 11.6 Å². The van der Waals surface area contributed by atoms with Crippen LogP contribution < -0.4 is 26.1 Å². The number of aromatic nitrogens is 3. The van der Waals surface area contributed by atoms with E-state index in [2.05, 4.69) is 10.3 Å². The summed E-state index contributed by atoms with van der Waals surface area (Å²) in [7, 11) is -3.11. The summed E-state index contributed by atoms with van der Waals surface area (Å²) in [5, 5.41) is 3.28. The average Bonchev–Trinajstić information content (AvgIpc) is 3.29. The first-order chi connectivity index (χ1) is 23.6. The second-order valence-electron chi connectivity index (χ2n) is 10.9. The molecule has 0 aliphatic rings. The Bertz CT molecular complexity index is 2180. The van der Waals surface area contributed by atoms with Crippen LogP contribution in [0.1, 0.15) is 29.9 Å². The molecule has 5 N–H and O–H groups in total. The van der Waals surface area contributed by atoms with Crippen LogP contribution in [-0.2, 0) is 26.5 Å². The first-order valence-corrected chi connectivity index (χ1v) is 16.2. The summed E-state index contributed by atoms with van der Waals surface area (Å²) in [6.45, 7) is 4.86. The van der Waals surface area contributed by atoms with Crippen LogP contribution in [0.5, 0.6) is 17.2 Å². The molecule has 15 nitrogen and oxygen atoms in total. The Labute approximate surface area is 285 Å². The second-order valence-corrected chi connectivity index (χ2v) is 11.8. The maximum Gasteiger partial charge on any atom is 0.394 e. The third kappa shape index (κ3) is 9.29. The van der Waals surface area contributed by atoms with Crippen molar-refractivity contribution in [2.45, 2.75) is 39.5 Å². The highest BCUT2D eigenvalue weighted by atomic mass is 32.3. The van der Waals surface area contributed by atoms with Gasteiger partial charge in [-0.2, -0.15) is 8.42 Å². The lowest BCUT2D eigenvalue weighted by molar-refractivity contribution is -0.150. The zero-order valence-electron chi connectivity index (χ0n) is 27.2. The van der Waals surface area contributed by atoms with Crippen LogP contribution in [0, 0.1) is 12.7 Å². The topological polar surface area (TPSA) is 214 Å². The fourth-order valence-corrected chi connectivity index (χ4v) is 4.83. The van der Waals surface area contributed by atoms with E-state index in [4.69, 9.17) is 37.5 Å². The molecule has 0 spiro atoms. The van der Waals surface area contributed by atoms with Crippen LogP contribution in [-0.4, -0.2) is 63.0 Å². The molecule has 2 atom stereocenters. The third-order valence-electron chi connectivity index (χ3n) is 7.06. The number of nitrogens with two attached hydrogens (primary N) is 1. The lowest BCUT2D eigenvalue weighted by Gasteiger charge is -2.19. The minimum atomic E-state index is -4.67. The van der Waals surface area contributed by atoms with E-state index >= 15 is 4.39 Å². The van der Waals surface area contributed by atoms with E-state index in [-0.39, 0.29) is 23.5 Å². The average molecular weight is 712 g/mol. The van der Waals surface area contributed by atoms with E-state index < -0.39 is 45.8 Å². The van der Waals surface area contributed by atoms with E-state index in [1.807, 2.05) is 0 Å². The number of carbonyl (C=O) groups excluding carboxylic acids is 2. The molecule has 5 rings (SSSR count). The van der Waals surface area contributed by atoms with E-state index in [0.29, 0.717) is 33.8 Å². The van der Waals surface area contributed by atoms with E-state index in [1.165, 1.54) is 23.7 Å². The highest BCUT2D eigenvalue weighted by molar-refractivity contribution is 7.79. The van der Waals surface area contributed by atoms with Gasteiger partial charge in [0.2, 0.25) is 0 Å². The Morgan fingerprint density at radius 2 is 1.70 bits per heavy atom. The van der Waals surface area contributed by atoms with Crippen molar-refractivity contribution in [1.29, 1.82) is 0 Å². The molecule has 3 aromatic carbocycles. The SMILES string of the molecule is COc1ccc2c(Oc3ccc(NC(=O)c4c(C)n(C[C@H](C)OC(=O)[C@H](C)N)n(-c5ccccc5)c4=O)cc3F)ccnc2c1.O=S(=O)(O)O. The standard InChI is InChI=1S/C33H32FN5O6.H2O4S/c1-19(44-33(42)20(2)35)18-38-21(3)30(32(41)39(38)23-8-6-5-7-9-23)31(40)37-22-10-13-29(26(34)16-22)45-28-14-15-36-27-17-24(43-4)11-12-25(27)28;1-5(2,3)4/h5-17,19-20H,18,35H2,1-4H3,(H,37,40);(H2,1,2,3,4)/t19-,20-;/m0./s1. The monoisotopic (exact) mass is 711 g/mol. The highest BCUT2D eigenvalue weighted by Crippen LogP contribution is 2.33. The predicted octanol–water partition coefficient (Wildman–Crippen LogP) is 4.31. The number of rotatable bonds is 10. The Hall–Kier alpha value is -5.62. The lowest BCUT2D eigenvalue weighted by atomic mass is 10.2. The lowest BCUT2D eigenvalue weighted by Crippen LogP contribution is -2.34. The van der Waals surface area contributed by atoms with Gasteiger partial charge in [-0.3, -0.25) is 33.2 Å². The number of amides is 1. The van der Waals surface area contributed by atoms with Crippen LogP contribution in [0.4, 0.5) is 10.1 Å². The van der Waals surface area contributed by atoms with E-state index in [9.17, 15) is 14.4 Å². The Kier molecular flexibility index (Phi) is 11.7. The molecule has 2 aromatic heterocycles. The Balaban J connectivity index is 0.00000105. The number of carbonyl (C=O) groups is 2. The molecule has 0 aliphatic carbocycles. The van der Waals surface area contributed by atoms with Gasteiger partial charge in [0, 0.05) is 29.4 Å². The number of benzene rings is 3. The number of nitrogens with zero attached hydrogens (tertiary/aromatic N) is 3. The van der Waals surface area contributed by atoms with Gasteiger partial charge >= 0.3 is 16.4 Å². The van der Waals surface area contributed by atoms with Crippen LogP contribution in [0.2, 0.25) is 0 Å². The van der Waals surface area contributed by atoms with Crippen molar-refractivity contribution in [3.63, 3.8) is 0 Å². The molecule has 17 heteroatoms. The molecule has 0 bridgehead atoms. The summed E-state index contributed by atoms with van der Waals surface area (Å²) in [6.07, 6.45) is 0.880. The van der Waals surface area contributed by atoms with Crippen molar-refractivity contribution in [3.8, 4) is 22.9 Å². The number of hydrogen-bond acceptors (Lipinski definition) is 10. The largest absolute Gasteiger partial charge is 0.497 e.